The Balaban J connectivity index is 2.07. The maximum atomic E-state index is 5.96. The highest BCUT2D eigenvalue weighted by atomic mass is 16.5. The van der Waals surface area contributed by atoms with Crippen LogP contribution >= 0.6 is 0 Å². The van der Waals surface area contributed by atoms with Crippen LogP contribution in [0.3, 0.4) is 0 Å². The fourth-order valence-electron chi connectivity index (χ4n) is 2.92. The van der Waals surface area contributed by atoms with Crippen LogP contribution in [0.15, 0.2) is 18.2 Å². The van der Waals surface area contributed by atoms with Crippen LogP contribution in [0.4, 0.5) is 5.69 Å². The van der Waals surface area contributed by atoms with E-state index in [-0.39, 0.29) is 0 Å². The lowest BCUT2D eigenvalue weighted by molar-refractivity contribution is 0.199. The van der Waals surface area contributed by atoms with Crippen molar-refractivity contribution in [2.45, 2.75) is 39.3 Å². The van der Waals surface area contributed by atoms with Crippen LogP contribution in [0.5, 0.6) is 5.75 Å². The highest BCUT2D eigenvalue weighted by Gasteiger charge is 2.26. The molecule has 0 bridgehead atoms. The molecule has 0 aromatic heterocycles. The predicted molar refractivity (Wildman–Crippen MR) is 75.7 cm³/mol. The second-order valence-corrected chi connectivity index (χ2v) is 5.50. The molecule has 1 aliphatic heterocycles. The summed E-state index contributed by atoms with van der Waals surface area (Å²) >= 11 is 0. The topological polar surface area (TPSA) is 38.5 Å². The van der Waals surface area contributed by atoms with Gasteiger partial charge in [-0.3, -0.25) is 4.90 Å². The van der Waals surface area contributed by atoms with Gasteiger partial charge in [-0.1, -0.05) is 19.9 Å². The van der Waals surface area contributed by atoms with Gasteiger partial charge in [-0.05, 0) is 43.0 Å². The Morgan fingerprint density at radius 2 is 2.22 bits per heavy atom. The van der Waals surface area contributed by atoms with E-state index in [0.29, 0.717) is 6.04 Å². The molecule has 1 aromatic carbocycles. The second-order valence-electron chi connectivity index (χ2n) is 5.50. The standard InChI is InChI=1S/C15H24N2O/c1-11(2)14-5-4-8-17(14)10-12-6-7-15(18-3)13(16)9-12/h6-7,9,11,14H,4-5,8,10,16H2,1-3H3. The molecule has 2 N–H and O–H groups in total. The number of ether oxygens (including phenoxy) is 1. The van der Waals surface area contributed by atoms with Crippen molar-refractivity contribution in [2.24, 2.45) is 5.92 Å². The quantitative estimate of drug-likeness (QED) is 0.833. The van der Waals surface area contributed by atoms with Crippen LogP contribution in [-0.4, -0.2) is 24.6 Å². The molecule has 1 aromatic rings. The van der Waals surface area contributed by atoms with E-state index in [1.807, 2.05) is 12.1 Å². The van der Waals surface area contributed by atoms with Gasteiger partial charge in [0.05, 0.1) is 12.8 Å². The summed E-state index contributed by atoms with van der Waals surface area (Å²) in [4.78, 5) is 2.58. The number of methoxy groups -OCH3 is 1. The third kappa shape index (κ3) is 2.78. The van der Waals surface area contributed by atoms with Gasteiger partial charge < -0.3 is 10.5 Å². The van der Waals surface area contributed by atoms with E-state index in [1.54, 1.807) is 7.11 Å². The van der Waals surface area contributed by atoms with E-state index >= 15 is 0 Å². The van der Waals surface area contributed by atoms with Crippen molar-refractivity contribution in [3.05, 3.63) is 23.8 Å². The monoisotopic (exact) mass is 248 g/mol. The molecule has 0 radical (unpaired) electrons. The van der Waals surface area contributed by atoms with Crippen LogP contribution in [0.2, 0.25) is 0 Å². The van der Waals surface area contributed by atoms with Gasteiger partial charge in [0.15, 0.2) is 0 Å². The van der Waals surface area contributed by atoms with Gasteiger partial charge in [-0.25, -0.2) is 0 Å². The van der Waals surface area contributed by atoms with Crippen molar-refractivity contribution in [1.29, 1.82) is 0 Å². The maximum Gasteiger partial charge on any atom is 0.141 e. The van der Waals surface area contributed by atoms with Crippen molar-refractivity contribution in [2.75, 3.05) is 19.4 Å². The van der Waals surface area contributed by atoms with Crippen molar-refractivity contribution >= 4 is 5.69 Å². The maximum absolute atomic E-state index is 5.96. The average Bonchev–Trinajstić information content (AvgIpc) is 2.77. The number of nitrogen functional groups attached to an aromatic ring is 1. The van der Waals surface area contributed by atoms with Crippen LogP contribution < -0.4 is 10.5 Å². The Kier molecular flexibility index (Phi) is 4.12. The fraction of sp³-hybridized carbons (Fsp3) is 0.600. The normalized spacial score (nSPS) is 20.6. The lowest BCUT2D eigenvalue weighted by Crippen LogP contribution is -2.32. The first kappa shape index (κ1) is 13.2. The highest BCUT2D eigenvalue weighted by Crippen LogP contribution is 2.27. The number of rotatable bonds is 4. The Morgan fingerprint density at radius 3 is 2.83 bits per heavy atom. The Bertz CT molecular complexity index is 403. The van der Waals surface area contributed by atoms with Crippen molar-refractivity contribution < 1.29 is 4.74 Å². The van der Waals surface area contributed by atoms with Gasteiger partial charge in [-0.2, -0.15) is 0 Å². The molecule has 0 amide bonds. The molecule has 0 saturated carbocycles. The molecule has 1 unspecified atom stereocenters. The van der Waals surface area contributed by atoms with Gasteiger partial charge in [0, 0.05) is 12.6 Å². The first-order valence-corrected chi connectivity index (χ1v) is 6.78. The number of anilines is 1. The number of likely N-dealkylation sites (tertiary alicyclic amines) is 1. The Labute approximate surface area is 110 Å². The third-order valence-corrected chi connectivity index (χ3v) is 3.86. The molecule has 1 saturated heterocycles. The molecule has 1 atom stereocenters. The SMILES string of the molecule is COc1ccc(CN2CCCC2C(C)C)cc1N. The Morgan fingerprint density at radius 1 is 1.44 bits per heavy atom. The summed E-state index contributed by atoms with van der Waals surface area (Å²) in [6.45, 7) is 6.82. The molecule has 2 rings (SSSR count). The van der Waals surface area contributed by atoms with Crippen molar-refractivity contribution in [3.8, 4) is 5.75 Å². The molecule has 1 heterocycles. The van der Waals surface area contributed by atoms with Gasteiger partial charge in [0.25, 0.3) is 0 Å². The van der Waals surface area contributed by atoms with E-state index in [4.69, 9.17) is 10.5 Å². The molecule has 3 nitrogen and oxygen atoms in total. The molecule has 100 valence electrons. The smallest absolute Gasteiger partial charge is 0.141 e. The number of benzene rings is 1. The first-order valence-electron chi connectivity index (χ1n) is 6.78. The van der Waals surface area contributed by atoms with Crippen LogP contribution in [0, 0.1) is 5.92 Å². The Hall–Kier alpha value is -1.22. The molecule has 1 aliphatic rings. The summed E-state index contributed by atoms with van der Waals surface area (Å²) in [5.74, 6) is 1.49. The second kappa shape index (κ2) is 5.61. The number of hydrogen-bond acceptors (Lipinski definition) is 3. The summed E-state index contributed by atoms with van der Waals surface area (Å²) in [6.07, 6.45) is 2.64. The summed E-state index contributed by atoms with van der Waals surface area (Å²) < 4.78 is 5.19. The minimum absolute atomic E-state index is 0.716. The minimum Gasteiger partial charge on any atom is -0.495 e. The van der Waals surface area contributed by atoms with Crippen LogP contribution in [-0.2, 0) is 6.54 Å². The molecule has 1 fully saturated rings. The minimum atomic E-state index is 0.716. The summed E-state index contributed by atoms with van der Waals surface area (Å²) in [6, 6.07) is 6.83. The van der Waals surface area contributed by atoms with E-state index in [2.05, 4.69) is 24.8 Å². The zero-order valence-corrected chi connectivity index (χ0v) is 11.6. The molecule has 0 aliphatic carbocycles. The largest absolute Gasteiger partial charge is 0.495 e. The third-order valence-electron chi connectivity index (χ3n) is 3.86. The number of hydrogen-bond donors (Lipinski definition) is 1. The highest BCUT2D eigenvalue weighted by molar-refractivity contribution is 5.54. The zero-order valence-electron chi connectivity index (χ0n) is 11.6. The van der Waals surface area contributed by atoms with Gasteiger partial charge >= 0.3 is 0 Å². The van der Waals surface area contributed by atoms with E-state index in [9.17, 15) is 0 Å². The van der Waals surface area contributed by atoms with E-state index < -0.39 is 0 Å². The number of nitrogens with zero attached hydrogens (tertiary/aromatic N) is 1. The lowest BCUT2D eigenvalue weighted by atomic mass is 10.0. The molecule has 3 heteroatoms. The summed E-state index contributed by atoms with van der Waals surface area (Å²) in [5, 5.41) is 0. The van der Waals surface area contributed by atoms with Crippen LogP contribution in [0.25, 0.3) is 0 Å². The lowest BCUT2D eigenvalue weighted by Gasteiger charge is -2.27. The van der Waals surface area contributed by atoms with Gasteiger partial charge in [0.2, 0.25) is 0 Å². The molecule has 0 spiro atoms. The van der Waals surface area contributed by atoms with Gasteiger partial charge in [0.1, 0.15) is 5.75 Å². The average molecular weight is 248 g/mol. The van der Waals surface area contributed by atoms with Crippen molar-refractivity contribution in [1.82, 2.24) is 4.90 Å². The van der Waals surface area contributed by atoms with Gasteiger partial charge in [-0.15, -0.1) is 0 Å². The van der Waals surface area contributed by atoms with E-state index in [1.165, 1.54) is 24.9 Å². The predicted octanol–water partition coefficient (Wildman–Crippen LogP) is 2.90. The fourth-order valence-corrected chi connectivity index (χ4v) is 2.92. The summed E-state index contributed by atoms with van der Waals surface area (Å²) in [7, 11) is 1.65. The van der Waals surface area contributed by atoms with Crippen LogP contribution in [0.1, 0.15) is 32.3 Å². The molecular weight excluding hydrogens is 224 g/mol. The number of nitrogens with two attached hydrogens (primary N) is 1. The van der Waals surface area contributed by atoms with Crippen molar-refractivity contribution in [3.63, 3.8) is 0 Å². The zero-order chi connectivity index (χ0) is 13.1. The van der Waals surface area contributed by atoms with E-state index in [0.717, 1.165) is 23.9 Å². The molecule has 18 heavy (non-hydrogen) atoms. The summed E-state index contributed by atoms with van der Waals surface area (Å²) in [5.41, 5.74) is 7.97. The molecular formula is C15H24N2O. The first-order chi connectivity index (χ1) is 8.61.